The van der Waals surface area contributed by atoms with Crippen molar-refractivity contribution in [3.63, 3.8) is 0 Å². The fraction of sp³-hybridized carbons (Fsp3) is 0.385. The molecule has 0 bridgehead atoms. The van der Waals surface area contributed by atoms with E-state index < -0.39 is 0 Å². The van der Waals surface area contributed by atoms with Crippen LogP contribution in [0.25, 0.3) is 10.9 Å². The molecule has 0 spiro atoms. The summed E-state index contributed by atoms with van der Waals surface area (Å²) >= 11 is 0. The van der Waals surface area contributed by atoms with Gasteiger partial charge in [-0.3, -0.25) is 4.79 Å². The molecule has 2 heterocycles. The van der Waals surface area contributed by atoms with E-state index in [1.807, 2.05) is 41.3 Å². The predicted molar refractivity (Wildman–Crippen MR) is 130 cm³/mol. The molecule has 2 aromatic carbocycles. The normalized spacial score (nSPS) is 13.8. The Morgan fingerprint density at radius 1 is 0.970 bits per heavy atom. The first-order chi connectivity index (χ1) is 16.1. The summed E-state index contributed by atoms with van der Waals surface area (Å²) in [6, 6.07) is 15.6. The predicted octanol–water partition coefficient (Wildman–Crippen LogP) is 4.07. The summed E-state index contributed by atoms with van der Waals surface area (Å²) < 4.78 is 16.4. The minimum Gasteiger partial charge on any atom is -0.497 e. The van der Waals surface area contributed by atoms with Crippen molar-refractivity contribution in [2.75, 3.05) is 51.9 Å². The first-order valence-electron chi connectivity index (χ1n) is 11.3. The van der Waals surface area contributed by atoms with Crippen LogP contribution >= 0.6 is 0 Å². The standard InChI is InChI=1S/C26H31N3O4/c1-19-18-24(27-26-22(19)6-4-7-23(26)32-3)28-13-15-29(16-14-28)25(30)8-5-17-33-21-11-9-20(31-2)10-12-21/h4,6-7,9-12,18H,5,8,13-17H2,1-3H3. The Morgan fingerprint density at radius 2 is 1.70 bits per heavy atom. The summed E-state index contributed by atoms with van der Waals surface area (Å²) in [5.74, 6) is 3.47. The average Bonchev–Trinajstić information content (AvgIpc) is 2.86. The molecule has 1 amide bonds. The number of methoxy groups -OCH3 is 2. The number of para-hydroxylation sites is 1. The largest absolute Gasteiger partial charge is 0.497 e. The number of carbonyl (C=O) groups excluding carboxylic acids is 1. The molecule has 3 aromatic rings. The van der Waals surface area contributed by atoms with E-state index in [4.69, 9.17) is 19.2 Å². The number of hydrogen-bond donors (Lipinski definition) is 0. The number of anilines is 1. The second-order valence-corrected chi connectivity index (χ2v) is 8.15. The number of piperazine rings is 1. The van der Waals surface area contributed by atoms with Crippen LogP contribution in [0, 0.1) is 6.92 Å². The number of carbonyl (C=O) groups is 1. The molecule has 4 rings (SSSR count). The van der Waals surface area contributed by atoms with E-state index in [1.165, 1.54) is 5.56 Å². The van der Waals surface area contributed by atoms with Crippen molar-refractivity contribution < 1.29 is 19.0 Å². The number of rotatable bonds is 8. The number of benzene rings is 2. The Morgan fingerprint density at radius 3 is 2.39 bits per heavy atom. The topological polar surface area (TPSA) is 64.1 Å². The monoisotopic (exact) mass is 449 g/mol. The molecule has 0 N–H and O–H groups in total. The third-order valence-corrected chi connectivity index (χ3v) is 6.04. The molecule has 1 aromatic heterocycles. The molecule has 0 radical (unpaired) electrons. The molecule has 33 heavy (non-hydrogen) atoms. The molecule has 7 heteroatoms. The van der Waals surface area contributed by atoms with Crippen molar-refractivity contribution in [2.45, 2.75) is 19.8 Å². The van der Waals surface area contributed by atoms with Crippen LogP contribution in [0.1, 0.15) is 18.4 Å². The minimum atomic E-state index is 0.178. The molecular formula is C26H31N3O4. The molecule has 174 valence electrons. The zero-order chi connectivity index (χ0) is 23.2. The van der Waals surface area contributed by atoms with Crippen molar-refractivity contribution in [1.29, 1.82) is 0 Å². The molecule has 0 unspecified atom stereocenters. The lowest BCUT2D eigenvalue weighted by Gasteiger charge is -2.35. The molecule has 7 nitrogen and oxygen atoms in total. The van der Waals surface area contributed by atoms with Gasteiger partial charge in [-0.15, -0.1) is 0 Å². The Labute approximate surface area is 194 Å². The highest BCUT2D eigenvalue weighted by Crippen LogP contribution is 2.29. The highest BCUT2D eigenvalue weighted by Gasteiger charge is 2.22. The number of hydrogen-bond acceptors (Lipinski definition) is 6. The lowest BCUT2D eigenvalue weighted by Crippen LogP contribution is -2.49. The Bertz CT molecular complexity index is 1090. The highest BCUT2D eigenvalue weighted by atomic mass is 16.5. The first kappa shape index (κ1) is 22.7. The number of pyridine rings is 1. The van der Waals surface area contributed by atoms with E-state index in [9.17, 15) is 4.79 Å². The molecular weight excluding hydrogens is 418 g/mol. The van der Waals surface area contributed by atoms with E-state index in [-0.39, 0.29) is 5.91 Å². The molecule has 1 aliphatic rings. The zero-order valence-electron chi connectivity index (χ0n) is 19.5. The maximum Gasteiger partial charge on any atom is 0.222 e. The van der Waals surface area contributed by atoms with Gasteiger partial charge in [-0.05, 0) is 55.3 Å². The van der Waals surface area contributed by atoms with Gasteiger partial charge in [-0.25, -0.2) is 4.98 Å². The van der Waals surface area contributed by atoms with Gasteiger partial charge in [0.25, 0.3) is 0 Å². The lowest BCUT2D eigenvalue weighted by atomic mass is 10.1. The van der Waals surface area contributed by atoms with Crippen LogP contribution in [0.5, 0.6) is 17.2 Å². The number of amides is 1. The Balaban J connectivity index is 1.27. The maximum atomic E-state index is 12.7. The number of aromatic nitrogens is 1. The highest BCUT2D eigenvalue weighted by molar-refractivity contribution is 5.89. The first-order valence-corrected chi connectivity index (χ1v) is 11.3. The molecule has 0 atom stereocenters. The van der Waals surface area contributed by atoms with Crippen LogP contribution in [0.15, 0.2) is 48.5 Å². The van der Waals surface area contributed by atoms with Gasteiger partial charge in [-0.2, -0.15) is 0 Å². The fourth-order valence-electron chi connectivity index (χ4n) is 4.13. The van der Waals surface area contributed by atoms with Crippen molar-refractivity contribution in [1.82, 2.24) is 9.88 Å². The number of aryl methyl sites for hydroxylation is 1. The second-order valence-electron chi connectivity index (χ2n) is 8.15. The van der Waals surface area contributed by atoms with Gasteiger partial charge in [-0.1, -0.05) is 12.1 Å². The second kappa shape index (κ2) is 10.4. The molecule has 1 saturated heterocycles. The summed E-state index contributed by atoms with van der Waals surface area (Å²) in [6.45, 7) is 5.54. The zero-order valence-corrected chi connectivity index (χ0v) is 19.5. The third-order valence-electron chi connectivity index (χ3n) is 6.04. The van der Waals surface area contributed by atoms with Crippen molar-refractivity contribution in [3.05, 3.63) is 54.1 Å². The Kier molecular flexibility index (Phi) is 7.17. The van der Waals surface area contributed by atoms with Crippen LogP contribution in [-0.4, -0.2) is 62.8 Å². The maximum absolute atomic E-state index is 12.7. The molecule has 1 fully saturated rings. The van der Waals surface area contributed by atoms with Gasteiger partial charge >= 0.3 is 0 Å². The fourth-order valence-corrected chi connectivity index (χ4v) is 4.13. The number of ether oxygens (including phenoxy) is 3. The summed E-state index contributed by atoms with van der Waals surface area (Å²) in [6.07, 6.45) is 1.18. The molecule has 0 aliphatic carbocycles. The van der Waals surface area contributed by atoms with E-state index in [1.54, 1.807) is 14.2 Å². The summed E-state index contributed by atoms with van der Waals surface area (Å²) in [4.78, 5) is 21.7. The van der Waals surface area contributed by atoms with E-state index >= 15 is 0 Å². The van der Waals surface area contributed by atoms with Crippen LogP contribution in [0.2, 0.25) is 0 Å². The van der Waals surface area contributed by atoms with Crippen LogP contribution in [0.4, 0.5) is 5.82 Å². The van der Waals surface area contributed by atoms with Gasteiger partial charge < -0.3 is 24.0 Å². The van der Waals surface area contributed by atoms with E-state index in [0.29, 0.717) is 32.5 Å². The smallest absolute Gasteiger partial charge is 0.222 e. The van der Waals surface area contributed by atoms with Gasteiger partial charge in [0.1, 0.15) is 28.6 Å². The number of nitrogens with zero attached hydrogens (tertiary/aromatic N) is 3. The van der Waals surface area contributed by atoms with Crippen LogP contribution in [0.3, 0.4) is 0 Å². The summed E-state index contributed by atoms with van der Waals surface area (Å²) in [7, 11) is 3.31. The van der Waals surface area contributed by atoms with E-state index in [2.05, 4.69) is 24.0 Å². The van der Waals surface area contributed by atoms with Gasteiger partial charge in [0.05, 0.1) is 20.8 Å². The SMILES string of the molecule is COc1ccc(OCCCC(=O)N2CCN(c3cc(C)c4cccc(OC)c4n3)CC2)cc1. The van der Waals surface area contributed by atoms with Crippen molar-refractivity contribution >= 4 is 22.6 Å². The van der Waals surface area contributed by atoms with Gasteiger partial charge in [0.2, 0.25) is 5.91 Å². The van der Waals surface area contributed by atoms with E-state index in [0.717, 1.165) is 47.1 Å². The van der Waals surface area contributed by atoms with Crippen molar-refractivity contribution in [2.24, 2.45) is 0 Å². The van der Waals surface area contributed by atoms with Crippen LogP contribution < -0.4 is 19.1 Å². The summed E-state index contributed by atoms with van der Waals surface area (Å²) in [5.41, 5.74) is 2.05. The quantitative estimate of drug-likeness (QED) is 0.483. The van der Waals surface area contributed by atoms with Gasteiger partial charge in [0, 0.05) is 38.0 Å². The lowest BCUT2D eigenvalue weighted by molar-refractivity contribution is -0.131. The van der Waals surface area contributed by atoms with Crippen molar-refractivity contribution in [3.8, 4) is 17.2 Å². The molecule has 1 aliphatic heterocycles. The van der Waals surface area contributed by atoms with Crippen LogP contribution in [-0.2, 0) is 4.79 Å². The number of fused-ring (bicyclic) bond motifs is 1. The average molecular weight is 450 g/mol. The van der Waals surface area contributed by atoms with Gasteiger partial charge in [0.15, 0.2) is 0 Å². The Hall–Kier alpha value is -3.48. The minimum absolute atomic E-state index is 0.178. The molecule has 0 saturated carbocycles. The third kappa shape index (κ3) is 5.30. The summed E-state index contributed by atoms with van der Waals surface area (Å²) in [5, 5.41) is 1.10.